The highest BCUT2D eigenvalue weighted by Gasteiger charge is 2.11. The number of aromatic carboxylic acids is 1. The number of aromatic nitrogens is 2. The van der Waals surface area contributed by atoms with Crippen LogP contribution in [0.4, 0.5) is 0 Å². The summed E-state index contributed by atoms with van der Waals surface area (Å²) in [6.45, 7) is 2.24. The van der Waals surface area contributed by atoms with E-state index in [4.69, 9.17) is 5.11 Å². The Labute approximate surface area is 101 Å². The highest BCUT2D eigenvalue weighted by atomic mass is 32.1. The number of carbonyl (C=O) groups is 1. The molecule has 0 atom stereocenters. The Kier molecular flexibility index (Phi) is 3.06. The van der Waals surface area contributed by atoms with E-state index < -0.39 is 11.4 Å². The number of pyridine rings is 1. The molecule has 0 aromatic carbocycles. The van der Waals surface area contributed by atoms with Crippen molar-refractivity contribution in [2.75, 3.05) is 0 Å². The summed E-state index contributed by atoms with van der Waals surface area (Å²) in [7, 11) is 0. The highest BCUT2D eigenvalue weighted by Crippen LogP contribution is 2.08. The van der Waals surface area contributed by atoms with Crippen LogP contribution >= 0.6 is 11.3 Å². The Hall–Kier alpha value is -1.95. The molecule has 0 aliphatic rings. The maximum atomic E-state index is 11.4. The van der Waals surface area contributed by atoms with Crippen molar-refractivity contribution in [2.45, 2.75) is 13.5 Å². The van der Waals surface area contributed by atoms with Crippen molar-refractivity contribution in [3.63, 3.8) is 0 Å². The zero-order chi connectivity index (χ0) is 12.4. The second kappa shape index (κ2) is 4.50. The van der Waals surface area contributed by atoms with Gasteiger partial charge in [-0.2, -0.15) is 0 Å². The lowest BCUT2D eigenvalue weighted by atomic mass is 10.2. The van der Waals surface area contributed by atoms with E-state index in [9.17, 15) is 9.59 Å². The molecule has 0 fully saturated rings. The predicted octanol–water partition coefficient (Wildman–Crippen LogP) is 1.36. The average molecular weight is 250 g/mol. The van der Waals surface area contributed by atoms with E-state index in [1.165, 1.54) is 23.6 Å². The molecule has 0 saturated heterocycles. The third-order valence-electron chi connectivity index (χ3n) is 2.36. The summed E-state index contributed by atoms with van der Waals surface area (Å²) in [6.07, 6.45) is 3.05. The van der Waals surface area contributed by atoms with Crippen LogP contribution in [0.3, 0.4) is 0 Å². The first kappa shape index (κ1) is 11.5. The normalized spacial score (nSPS) is 10.4. The largest absolute Gasteiger partial charge is 0.477 e. The minimum atomic E-state index is -1.21. The summed E-state index contributed by atoms with van der Waals surface area (Å²) in [5.41, 5.74) is 0.0349. The first-order valence-corrected chi connectivity index (χ1v) is 5.78. The number of hydrogen-bond acceptors (Lipinski definition) is 4. The fourth-order valence-electron chi connectivity index (χ4n) is 1.48. The minimum absolute atomic E-state index is 0.216. The third-order valence-corrected chi connectivity index (χ3v) is 3.13. The molecule has 2 rings (SSSR count). The summed E-state index contributed by atoms with van der Waals surface area (Å²) in [5.74, 6) is -1.21. The Morgan fingerprint density at radius 3 is 2.94 bits per heavy atom. The highest BCUT2D eigenvalue weighted by molar-refractivity contribution is 7.09. The SMILES string of the molecule is Cc1cc(=O)c(C(=O)O)cn1Cc1nccs1. The van der Waals surface area contributed by atoms with Crippen LogP contribution in [0.1, 0.15) is 21.1 Å². The maximum absolute atomic E-state index is 11.4. The summed E-state index contributed by atoms with van der Waals surface area (Å²) in [4.78, 5) is 26.4. The first-order valence-electron chi connectivity index (χ1n) is 4.90. The van der Waals surface area contributed by atoms with Crippen LogP contribution < -0.4 is 5.43 Å². The second-order valence-electron chi connectivity index (χ2n) is 3.55. The summed E-state index contributed by atoms with van der Waals surface area (Å²) in [6, 6.07) is 1.33. The van der Waals surface area contributed by atoms with E-state index in [-0.39, 0.29) is 5.56 Å². The zero-order valence-electron chi connectivity index (χ0n) is 9.08. The minimum Gasteiger partial charge on any atom is -0.477 e. The van der Waals surface area contributed by atoms with Crippen molar-refractivity contribution in [3.8, 4) is 0 Å². The van der Waals surface area contributed by atoms with Gasteiger partial charge in [0.2, 0.25) is 0 Å². The topological polar surface area (TPSA) is 72.2 Å². The molecule has 5 nitrogen and oxygen atoms in total. The van der Waals surface area contributed by atoms with Crippen molar-refractivity contribution in [1.29, 1.82) is 0 Å². The van der Waals surface area contributed by atoms with Gasteiger partial charge in [0.25, 0.3) is 0 Å². The number of rotatable bonds is 3. The van der Waals surface area contributed by atoms with Gasteiger partial charge in [0.1, 0.15) is 10.6 Å². The molecule has 2 aromatic heterocycles. The van der Waals surface area contributed by atoms with Crippen LogP contribution in [-0.2, 0) is 6.54 Å². The monoisotopic (exact) mass is 250 g/mol. The lowest BCUT2D eigenvalue weighted by Gasteiger charge is -2.09. The van der Waals surface area contributed by atoms with E-state index in [2.05, 4.69) is 4.98 Å². The molecule has 0 bridgehead atoms. The molecule has 2 aromatic rings. The van der Waals surface area contributed by atoms with Gasteiger partial charge in [-0.1, -0.05) is 0 Å². The number of thiazole rings is 1. The van der Waals surface area contributed by atoms with Crippen molar-refractivity contribution >= 4 is 17.3 Å². The van der Waals surface area contributed by atoms with Crippen LogP contribution in [0, 0.1) is 6.92 Å². The third kappa shape index (κ3) is 2.42. The average Bonchev–Trinajstić information content (AvgIpc) is 2.74. The van der Waals surface area contributed by atoms with Crippen LogP contribution in [0.5, 0.6) is 0 Å². The van der Waals surface area contributed by atoms with Gasteiger partial charge < -0.3 is 9.67 Å². The van der Waals surface area contributed by atoms with Gasteiger partial charge >= 0.3 is 5.97 Å². The predicted molar refractivity (Wildman–Crippen MR) is 63.6 cm³/mol. The number of carboxylic acids is 1. The number of nitrogens with zero attached hydrogens (tertiary/aromatic N) is 2. The molecule has 0 amide bonds. The van der Waals surface area contributed by atoms with Crippen molar-refractivity contribution in [2.24, 2.45) is 0 Å². The Bertz CT molecular complexity index is 602. The van der Waals surface area contributed by atoms with Gasteiger partial charge in [-0.3, -0.25) is 4.79 Å². The summed E-state index contributed by atoms with van der Waals surface area (Å²) < 4.78 is 1.71. The maximum Gasteiger partial charge on any atom is 0.341 e. The standard InChI is InChI=1S/C11H10N2O3S/c1-7-4-9(14)8(11(15)16)5-13(7)6-10-12-2-3-17-10/h2-5H,6H2,1H3,(H,15,16). The molecule has 0 unspecified atom stereocenters. The molecule has 88 valence electrons. The smallest absolute Gasteiger partial charge is 0.341 e. The van der Waals surface area contributed by atoms with Gasteiger partial charge in [0, 0.05) is 29.5 Å². The zero-order valence-corrected chi connectivity index (χ0v) is 9.90. The van der Waals surface area contributed by atoms with Crippen LogP contribution in [0.25, 0.3) is 0 Å². The van der Waals surface area contributed by atoms with Crippen molar-refractivity contribution < 1.29 is 9.90 Å². The number of hydrogen-bond donors (Lipinski definition) is 1. The number of carboxylic acid groups (broad SMARTS) is 1. The molecule has 1 N–H and O–H groups in total. The van der Waals surface area contributed by atoms with Gasteiger partial charge in [0.05, 0.1) is 6.54 Å². The molecule has 0 saturated carbocycles. The first-order chi connectivity index (χ1) is 8.08. The molecule has 6 heteroatoms. The van der Waals surface area contributed by atoms with Crippen molar-refractivity contribution in [1.82, 2.24) is 9.55 Å². The Balaban J connectivity index is 2.44. The van der Waals surface area contributed by atoms with Crippen molar-refractivity contribution in [3.05, 3.63) is 50.3 Å². The molecular formula is C11H10N2O3S. The molecule has 0 spiro atoms. The van der Waals surface area contributed by atoms with E-state index in [1.54, 1.807) is 17.7 Å². The van der Waals surface area contributed by atoms with Gasteiger partial charge in [-0.05, 0) is 6.92 Å². The molecule has 2 heterocycles. The van der Waals surface area contributed by atoms with E-state index in [1.807, 2.05) is 5.38 Å². The van der Waals surface area contributed by atoms with Crippen LogP contribution in [0.2, 0.25) is 0 Å². The Morgan fingerprint density at radius 1 is 1.59 bits per heavy atom. The Morgan fingerprint density at radius 2 is 2.35 bits per heavy atom. The number of aryl methyl sites for hydroxylation is 1. The van der Waals surface area contributed by atoms with E-state index in [0.29, 0.717) is 6.54 Å². The van der Waals surface area contributed by atoms with E-state index >= 15 is 0 Å². The lowest BCUT2D eigenvalue weighted by Crippen LogP contribution is -2.19. The second-order valence-corrected chi connectivity index (χ2v) is 4.53. The lowest BCUT2D eigenvalue weighted by molar-refractivity contribution is 0.0694. The molecular weight excluding hydrogens is 240 g/mol. The molecule has 0 radical (unpaired) electrons. The van der Waals surface area contributed by atoms with Crippen LogP contribution in [-0.4, -0.2) is 20.6 Å². The summed E-state index contributed by atoms with van der Waals surface area (Å²) >= 11 is 1.49. The quantitative estimate of drug-likeness (QED) is 0.892. The van der Waals surface area contributed by atoms with Gasteiger partial charge in [-0.15, -0.1) is 11.3 Å². The fourth-order valence-corrected chi connectivity index (χ4v) is 2.09. The van der Waals surface area contributed by atoms with Gasteiger partial charge in [0.15, 0.2) is 5.43 Å². The van der Waals surface area contributed by atoms with Crippen LogP contribution in [0.15, 0.2) is 28.6 Å². The summed E-state index contributed by atoms with van der Waals surface area (Å²) in [5, 5.41) is 11.6. The molecule has 0 aliphatic heterocycles. The fraction of sp³-hybridized carbons (Fsp3) is 0.182. The van der Waals surface area contributed by atoms with Gasteiger partial charge in [-0.25, -0.2) is 9.78 Å². The molecule has 0 aliphatic carbocycles. The molecule has 17 heavy (non-hydrogen) atoms. The van der Waals surface area contributed by atoms with E-state index in [0.717, 1.165) is 10.7 Å².